The number of hydrogen-bond donors (Lipinski definition) is 0. The maximum Gasteiger partial charge on any atom is 0.158 e. The van der Waals surface area contributed by atoms with Gasteiger partial charge in [-0.05, 0) is 42.2 Å². The summed E-state index contributed by atoms with van der Waals surface area (Å²) in [5.74, 6) is 0.303. The van der Waals surface area contributed by atoms with Gasteiger partial charge in [-0.3, -0.25) is 9.78 Å². The Morgan fingerprint density at radius 2 is 2.00 bits per heavy atom. The Labute approximate surface area is 77.3 Å². The van der Waals surface area contributed by atoms with Gasteiger partial charge in [-0.25, -0.2) is 0 Å². The molecule has 0 saturated heterocycles. The van der Waals surface area contributed by atoms with Gasteiger partial charge in [0.1, 0.15) is 0 Å². The van der Waals surface area contributed by atoms with Crippen LogP contribution in [-0.2, 0) is 4.79 Å². The number of aromatic nitrogens is 1. The lowest BCUT2D eigenvalue weighted by molar-refractivity contribution is -0.114. The topological polar surface area (TPSA) is 30.0 Å². The van der Waals surface area contributed by atoms with Crippen LogP contribution in [-0.4, -0.2) is 10.8 Å². The van der Waals surface area contributed by atoms with Crippen molar-refractivity contribution in [3.05, 3.63) is 35.7 Å². The van der Waals surface area contributed by atoms with Crippen molar-refractivity contribution in [3.8, 4) is 0 Å². The van der Waals surface area contributed by atoms with Crippen molar-refractivity contribution in [2.75, 3.05) is 0 Å². The molecule has 0 atom stereocenters. The van der Waals surface area contributed by atoms with Gasteiger partial charge in [0.05, 0.1) is 0 Å². The molecule has 0 aromatic carbocycles. The fourth-order valence-corrected chi connectivity index (χ4v) is 1.55. The summed E-state index contributed by atoms with van der Waals surface area (Å²) in [7, 11) is 0. The summed E-state index contributed by atoms with van der Waals surface area (Å²) in [6, 6.07) is 3.83. The molecular formula is C11H11NO. The van der Waals surface area contributed by atoms with Crippen molar-refractivity contribution in [1.29, 1.82) is 0 Å². The third-order valence-corrected chi connectivity index (χ3v) is 2.26. The van der Waals surface area contributed by atoms with E-state index in [9.17, 15) is 4.79 Å². The van der Waals surface area contributed by atoms with Crippen molar-refractivity contribution in [3.63, 3.8) is 0 Å². The van der Waals surface area contributed by atoms with Crippen molar-refractivity contribution < 1.29 is 4.79 Å². The average Bonchev–Trinajstić information content (AvgIpc) is 2.54. The lowest BCUT2D eigenvalue weighted by atomic mass is 10.1. The minimum Gasteiger partial charge on any atom is -0.295 e. The molecule has 2 heteroatoms. The van der Waals surface area contributed by atoms with Gasteiger partial charge in [-0.2, -0.15) is 0 Å². The smallest absolute Gasteiger partial charge is 0.158 e. The molecule has 1 aromatic rings. The van der Waals surface area contributed by atoms with Gasteiger partial charge in [0.25, 0.3) is 0 Å². The van der Waals surface area contributed by atoms with E-state index in [0.29, 0.717) is 5.78 Å². The summed E-state index contributed by atoms with van der Waals surface area (Å²) in [6.07, 6.45) is 8.11. The standard InChI is InChI=1S/C11H11NO/c13-11-3-1-2-10(11)8-9-4-6-12-7-5-9/h4-8H,1-3H2. The highest BCUT2D eigenvalue weighted by molar-refractivity contribution is 6.01. The van der Waals surface area contributed by atoms with E-state index in [4.69, 9.17) is 0 Å². The zero-order valence-electron chi connectivity index (χ0n) is 7.36. The van der Waals surface area contributed by atoms with Gasteiger partial charge < -0.3 is 0 Å². The number of allylic oxidation sites excluding steroid dienone is 1. The summed E-state index contributed by atoms with van der Waals surface area (Å²) in [5.41, 5.74) is 2.03. The molecule has 0 radical (unpaired) electrons. The number of carbonyl (C=O) groups excluding carboxylic acids is 1. The van der Waals surface area contributed by atoms with E-state index >= 15 is 0 Å². The minimum atomic E-state index is 0.303. The van der Waals surface area contributed by atoms with Crippen LogP contribution in [0.4, 0.5) is 0 Å². The first-order valence-electron chi connectivity index (χ1n) is 4.50. The largest absolute Gasteiger partial charge is 0.295 e. The molecule has 13 heavy (non-hydrogen) atoms. The van der Waals surface area contributed by atoms with Crippen LogP contribution in [0, 0.1) is 0 Å². The molecule has 1 saturated carbocycles. The molecule has 1 fully saturated rings. The molecule has 0 bridgehead atoms. The summed E-state index contributed by atoms with van der Waals surface area (Å²) in [5, 5.41) is 0. The molecule has 0 N–H and O–H groups in total. The zero-order chi connectivity index (χ0) is 9.10. The number of hydrogen-bond acceptors (Lipinski definition) is 2. The van der Waals surface area contributed by atoms with Crippen LogP contribution in [0.15, 0.2) is 30.1 Å². The lowest BCUT2D eigenvalue weighted by Gasteiger charge is -1.94. The normalized spacial score (nSPS) is 19.7. The Kier molecular flexibility index (Phi) is 2.21. The highest BCUT2D eigenvalue weighted by Gasteiger charge is 2.16. The van der Waals surface area contributed by atoms with Crippen molar-refractivity contribution in [2.24, 2.45) is 0 Å². The van der Waals surface area contributed by atoms with Crippen molar-refractivity contribution in [2.45, 2.75) is 19.3 Å². The van der Waals surface area contributed by atoms with E-state index < -0.39 is 0 Å². The monoisotopic (exact) mass is 173 g/mol. The number of pyridine rings is 1. The highest BCUT2D eigenvalue weighted by Crippen LogP contribution is 2.22. The number of ketones is 1. The number of rotatable bonds is 1. The van der Waals surface area contributed by atoms with E-state index in [1.54, 1.807) is 12.4 Å². The Morgan fingerprint density at radius 3 is 2.62 bits per heavy atom. The van der Waals surface area contributed by atoms with Crippen LogP contribution >= 0.6 is 0 Å². The van der Waals surface area contributed by atoms with Gasteiger partial charge in [0.15, 0.2) is 5.78 Å². The van der Waals surface area contributed by atoms with Crippen molar-refractivity contribution >= 4 is 11.9 Å². The molecule has 66 valence electrons. The summed E-state index contributed by atoms with van der Waals surface area (Å²) < 4.78 is 0. The van der Waals surface area contributed by atoms with Crippen LogP contribution in [0.25, 0.3) is 6.08 Å². The molecular weight excluding hydrogens is 162 g/mol. The molecule has 2 nitrogen and oxygen atoms in total. The predicted molar refractivity (Wildman–Crippen MR) is 51.1 cm³/mol. The highest BCUT2D eigenvalue weighted by atomic mass is 16.1. The van der Waals surface area contributed by atoms with Crippen LogP contribution in [0.3, 0.4) is 0 Å². The first kappa shape index (κ1) is 8.17. The predicted octanol–water partition coefficient (Wildman–Crippen LogP) is 2.22. The summed E-state index contributed by atoms with van der Waals surface area (Å²) in [6.45, 7) is 0. The second-order valence-electron chi connectivity index (χ2n) is 3.23. The molecule has 0 amide bonds. The number of Topliss-reactive ketones (excluding diaryl/α,β-unsaturated/α-hetero) is 1. The van der Waals surface area contributed by atoms with Crippen LogP contribution in [0.2, 0.25) is 0 Å². The van der Waals surface area contributed by atoms with Crippen LogP contribution < -0.4 is 0 Å². The average molecular weight is 173 g/mol. The Bertz CT molecular complexity index is 340. The van der Waals surface area contributed by atoms with E-state index in [0.717, 1.165) is 30.4 Å². The summed E-state index contributed by atoms with van der Waals surface area (Å²) >= 11 is 0. The molecule has 1 aliphatic rings. The first-order chi connectivity index (χ1) is 6.36. The molecule has 0 aliphatic heterocycles. The quantitative estimate of drug-likeness (QED) is 0.609. The van der Waals surface area contributed by atoms with Crippen molar-refractivity contribution in [1.82, 2.24) is 4.98 Å². The van der Waals surface area contributed by atoms with Gasteiger partial charge in [-0.1, -0.05) is 0 Å². The molecule has 1 aliphatic carbocycles. The maximum atomic E-state index is 11.3. The molecule has 0 unspecified atom stereocenters. The van der Waals surface area contributed by atoms with Gasteiger partial charge in [0, 0.05) is 18.8 Å². The maximum absolute atomic E-state index is 11.3. The second kappa shape index (κ2) is 3.52. The fraction of sp³-hybridized carbons (Fsp3) is 0.273. The van der Waals surface area contributed by atoms with E-state index in [-0.39, 0.29) is 0 Å². The van der Waals surface area contributed by atoms with Crippen LogP contribution in [0.5, 0.6) is 0 Å². The van der Waals surface area contributed by atoms with Gasteiger partial charge in [0.2, 0.25) is 0 Å². The third-order valence-electron chi connectivity index (χ3n) is 2.26. The first-order valence-corrected chi connectivity index (χ1v) is 4.50. The summed E-state index contributed by atoms with van der Waals surface area (Å²) in [4.78, 5) is 15.2. The number of carbonyl (C=O) groups is 1. The Morgan fingerprint density at radius 1 is 1.23 bits per heavy atom. The Hall–Kier alpha value is -1.44. The molecule has 2 rings (SSSR count). The fourth-order valence-electron chi connectivity index (χ4n) is 1.55. The lowest BCUT2D eigenvalue weighted by Crippen LogP contribution is -1.90. The molecule has 0 spiro atoms. The Balaban J connectivity index is 2.25. The number of nitrogens with zero attached hydrogens (tertiary/aromatic N) is 1. The minimum absolute atomic E-state index is 0.303. The van der Waals surface area contributed by atoms with Crippen LogP contribution in [0.1, 0.15) is 24.8 Å². The van der Waals surface area contributed by atoms with Gasteiger partial charge in [-0.15, -0.1) is 0 Å². The zero-order valence-corrected chi connectivity index (χ0v) is 7.36. The SMILES string of the molecule is O=C1CCCC1=Cc1ccncc1. The van der Waals surface area contributed by atoms with Gasteiger partial charge >= 0.3 is 0 Å². The van der Waals surface area contributed by atoms with E-state index in [2.05, 4.69) is 4.98 Å². The molecule has 1 heterocycles. The molecule has 1 aromatic heterocycles. The third kappa shape index (κ3) is 1.83. The second-order valence-corrected chi connectivity index (χ2v) is 3.23. The van der Waals surface area contributed by atoms with E-state index in [1.807, 2.05) is 18.2 Å². The van der Waals surface area contributed by atoms with E-state index in [1.165, 1.54) is 0 Å².